The van der Waals surface area contributed by atoms with Gasteiger partial charge in [0.15, 0.2) is 5.78 Å². The van der Waals surface area contributed by atoms with E-state index in [0.717, 1.165) is 0 Å². The van der Waals surface area contributed by atoms with Crippen LogP contribution in [0, 0.1) is 23.7 Å². The van der Waals surface area contributed by atoms with Crippen molar-refractivity contribution in [3.8, 4) is 35.2 Å². The topological polar surface area (TPSA) is 35.5 Å². The van der Waals surface area contributed by atoms with Crippen molar-refractivity contribution in [1.29, 1.82) is 0 Å². The van der Waals surface area contributed by atoms with E-state index in [1.165, 1.54) is 0 Å². The van der Waals surface area contributed by atoms with Crippen LogP contribution in [0.15, 0.2) is 48.5 Å². The zero-order valence-corrected chi connectivity index (χ0v) is 13.8. The minimum Gasteiger partial charge on any atom is -0.481 e. The Balaban J connectivity index is 2.01. The molecule has 0 saturated heterocycles. The predicted molar refractivity (Wildman–Crippen MR) is 94.2 cm³/mol. The maximum atomic E-state index is 12.5. The lowest BCUT2D eigenvalue weighted by Crippen LogP contribution is -2.02. The summed E-state index contributed by atoms with van der Waals surface area (Å²) in [5.41, 5.74) is 1.21. The van der Waals surface area contributed by atoms with Crippen molar-refractivity contribution in [2.75, 3.05) is 13.2 Å². The van der Waals surface area contributed by atoms with Gasteiger partial charge in [-0.15, -0.1) is 11.8 Å². The molecule has 0 unspecified atom stereocenters. The number of hydrogen-bond donors (Lipinski definition) is 0. The Kier molecular flexibility index (Phi) is 6.50. The van der Waals surface area contributed by atoms with Crippen LogP contribution >= 0.6 is 0 Å². The minimum absolute atomic E-state index is 0.0465. The lowest BCUT2D eigenvalue weighted by Gasteiger charge is -2.06. The third-order valence-corrected chi connectivity index (χ3v) is 3.21. The first kappa shape index (κ1) is 17.2. The molecule has 0 radical (unpaired) electrons. The van der Waals surface area contributed by atoms with E-state index in [0.29, 0.717) is 35.8 Å². The van der Waals surface area contributed by atoms with Gasteiger partial charge in [-0.05, 0) is 62.4 Å². The van der Waals surface area contributed by atoms with Crippen molar-refractivity contribution in [2.24, 2.45) is 0 Å². The Morgan fingerprint density at radius 2 is 1.12 bits per heavy atom. The maximum absolute atomic E-state index is 12.5. The van der Waals surface area contributed by atoms with Crippen molar-refractivity contribution in [2.45, 2.75) is 13.8 Å². The SMILES string of the molecule is CC#CCOc1ccc(C(=O)c2ccc(OCC#CC)cc2)cc1. The van der Waals surface area contributed by atoms with Crippen LogP contribution in [0.1, 0.15) is 29.8 Å². The second kappa shape index (κ2) is 9.08. The summed E-state index contributed by atoms with van der Waals surface area (Å²) in [5, 5.41) is 0. The van der Waals surface area contributed by atoms with Crippen molar-refractivity contribution in [1.82, 2.24) is 0 Å². The first-order valence-electron chi connectivity index (χ1n) is 7.54. The van der Waals surface area contributed by atoms with Gasteiger partial charge in [0.2, 0.25) is 0 Å². The van der Waals surface area contributed by atoms with Gasteiger partial charge < -0.3 is 9.47 Å². The molecule has 0 N–H and O–H groups in total. The summed E-state index contributed by atoms with van der Waals surface area (Å²) in [7, 11) is 0. The molecule has 2 aromatic carbocycles. The highest BCUT2D eigenvalue weighted by Gasteiger charge is 2.09. The van der Waals surface area contributed by atoms with Crippen molar-refractivity contribution >= 4 is 5.78 Å². The third kappa shape index (κ3) is 4.93. The highest BCUT2D eigenvalue weighted by atomic mass is 16.5. The number of carbonyl (C=O) groups excluding carboxylic acids is 1. The van der Waals surface area contributed by atoms with Gasteiger partial charge in [0.05, 0.1) is 0 Å². The number of benzene rings is 2. The van der Waals surface area contributed by atoms with Crippen molar-refractivity contribution < 1.29 is 14.3 Å². The lowest BCUT2D eigenvalue weighted by molar-refractivity contribution is 0.103. The molecule has 0 atom stereocenters. The molecule has 3 nitrogen and oxygen atoms in total. The maximum Gasteiger partial charge on any atom is 0.193 e. The van der Waals surface area contributed by atoms with Crippen molar-refractivity contribution in [3.05, 3.63) is 59.7 Å². The molecule has 0 aliphatic rings. The number of hydrogen-bond acceptors (Lipinski definition) is 3. The van der Waals surface area contributed by atoms with Crippen LogP contribution < -0.4 is 9.47 Å². The highest BCUT2D eigenvalue weighted by molar-refractivity contribution is 6.09. The van der Waals surface area contributed by atoms with Crippen LogP contribution in [-0.4, -0.2) is 19.0 Å². The standard InChI is InChI=1S/C21H18O3/c1-3-5-15-23-19-11-7-17(8-12-19)21(22)18-9-13-20(14-10-18)24-16-6-4-2/h7-14H,15-16H2,1-2H3. The van der Waals surface area contributed by atoms with Gasteiger partial charge in [0.1, 0.15) is 24.7 Å². The van der Waals surface area contributed by atoms with E-state index in [2.05, 4.69) is 23.7 Å². The van der Waals surface area contributed by atoms with Crippen LogP contribution in [-0.2, 0) is 0 Å². The van der Waals surface area contributed by atoms with Gasteiger partial charge in [0, 0.05) is 11.1 Å². The summed E-state index contributed by atoms with van der Waals surface area (Å²) in [6.07, 6.45) is 0. The van der Waals surface area contributed by atoms with Gasteiger partial charge in [0.25, 0.3) is 0 Å². The Bertz CT molecular complexity index is 725. The van der Waals surface area contributed by atoms with Crippen molar-refractivity contribution in [3.63, 3.8) is 0 Å². The molecule has 0 heterocycles. The second-order valence-corrected chi connectivity index (χ2v) is 4.81. The molecular formula is C21H18O3. The Hall–Kier alpha value is -3.17. The predicted octanol–water partition coefficient (Wildman–Crippen LogP) is 3.72. The zero-order chi connectivity index (χ0) is 17.2. The largest absolute Gasteiger partial charge is 0.481 e. The average molecular weight is 318 g/mol. The van der Waals surface area contributed by atoms with E-state index < -0.39 is 0 Å². The summed E-state index contributed by atoms with van der Waals surface area (Å²) < 4.78 is 10.9. The number of ketones is 1. The second-order valence-electron chi connectivity index (χ2n) is 4.81. The van der Waals surface area contributed by atoms with E-state index in [1.54, 1.807) is 62.4 Å². The summed E-state index contributed by atoms with van der Waals surface area (Å²) in [5.74, 6) is 12.5. The molecule has 0 aliphatic heterocycles. The molecule has 2 aromatic rings. The molecule has 2 rings (SSSR count). The lowest BCUT2D eigenvalue weighted by atomic mass is 10.0. The summed E-state index contributed by atoms with van der Waals surface area (Å²) in [4.78, 5) is 12.5. The van der Waals surface area contributed by atoms with Crippen LogP contribution in [0.3, 0.4) is 0 Å². The smallest absolute Gasteiger partial charge is 0.193 e. The Morgan fingerprint density at radius 1 is 0.750 bits per heavy atom. The number of rotatable bonds is 6. The van der Waals surface area contributed by atoms with Gasteiger partial charge >= 0.3 is 0 Å². The van der Waals surface area contributed by atoms with Gasteiger partial charge in [-0.2, -0.15) is 0 Å². The Morgan fingerprint density at radius 3 is 1.46 bits per heavy atom. The fraction of sp³-hybridized carbons (Fsp3) is 0.190. The van der Waals surface area contributed by atoms with Crippen LogP contribution in [0.25, 0.3) is 0 Å². The normalized spacial score (nSPS) is 9.08. The average Bonchev–Trinajstić information content (AvgIpc) is 2.63. The van der Waals surface area contributed by atoms with E-state index in [-0.39, 0.29) is 5.78 Å². The summed E-state index contributed by atoms with van der Waals surface area (Å²) in [6.45, 7) is 4.21. The quantitative estimate of drug-likeness (QED) is 0.601. The van der Waals surface area contributed by atoms with Gasteiger partial charge in [-0.1, -0.05) is 11.8 Å². The van der Waals surface area contributed by atoms with E-state index in [4.69, 9.17) is 9.47 Å². The summed E-state index contributed by atoms with van der Waals surface area (Å²) >= 11 is 0. The van der Waals surface area contributed by atoms with Gasteiger partial charge in [-0.25, -0.2) is 0 Å². The first-order valence-corrected chi connectivity index (χ1v) is 7.54. The molecule has 0 amide bonds. The third-order valence-electron chi connectivity index (χ3n) is 3.21. The van der Waals surface area contributed by atoms with Gasteiger partial charge in [-0.3, -0.25) is 4.79 Å². The molecule has 0 aliphatic carbocycles. The fourth-order valence-corrected chi connectivity index (χ4v) is 1.95. The van der Waals surface area contributed by atoms with E-state index in [1.807, 2.05) is 0 Å². The number of carbonyl (C=O) groups is 1. The number of ether oxygens (including phenoxy) is 2. The highest BCUT2D eigenvalue weighted by Crippen LogP contribution is 2.18. The molecule has 3 heteroatoms. The van der Waals surface area contributed by atoms with Crippen LogP contribution in [0.2, 0.25) is 0 Å². The molecule has 120 valence electrons. The molecule has 0 bridgehead atoms. The summed E-state index contributed by atoms with van der Waals surface area (Å²) in [6, 6.07) is 14.1. The first-order chi connectivity index (χ1) is 11.7. The monoisotopic (exact) mass is 318 g/mol. The van der Waals surface area contributed by atoms with E-state index >= 15 is 0 Å². The van der Waals surface area contributed by atoms with E-state index in [9.17, 15) is 4.79 Å². The van der Waals surface area contributed by atoms with Crippen LogP contribution in [0.4, 0.5) is 0 Å². The zero-order valence-electron chi connectivity index (χ0n) is 13.8. The molecule has 0 fully saturated rings. The Labute approximate surface area is 142 Å². The molecule has 0 aromatic heterocycles. The minimum atomic E-state index is -0.0465. The fourth-order valence-electron chi connectivity index (χ4n) is 1.95. The van der Waals surface area contributed by atoms with Crippen LogP contribution in [0.5, 0.6) is 11.5 Å². The molecule has 24 heavy (non-hydrogen) atoms. The molecular weight excluding hydrogens is 300 g/mol. The molecule has 0 saturated carbocycles. The molecule has 0 spiro atoms.